The number of hydrogen-bond acceptors (Lipinski definition) is 2. The standard InChI is InChI=1S/C59H47NO/c1-58(2,3)40-31-34-52(48(36-40)38-18-7-6-8-19-38)60(41-32-35-55-49(37-41)44-23-14-16-29-54(44)61-55)53-33-30-39-20-9-10-21-42(39)57(53)46-24-12-11-22-43(46)45-26-17-28-51-56(45)47-25-13-15-27-50(47)59(51,4)5/h6-37H,1-5H3. The van der Waals surface area contributed by atoms with E-state index < -0.39 is 0 Å². The van der Waals surface area contributed by atoms with E-state index >= 15 is 0 Å². The number of furan rings is 1. The summed E-state index contributed by atoms with van der Waals surface area (Å²) in [5.41, 5.74) is 18.8. The van der Waals surface area contributed by atoms with Gasteiger partial charge in [-0.25, -0.2) is 0 Å². The lowest BCUT2D eigenvalue weighted by Crippen LogP contribution is -2.15. The summed E-state index contributed by atoms with van der Waals surface area (Å²) in [6.45, 7) is 11.6. The first-order valence-electron chi connectivity index (χ1n) is 21.4. The van der Waals surface area contributed by atoms with Crippen LogP contribution in [0.25, 0.3) is 77.2 Å². The van der Waals surface area contributed by atoms with E-state index in [1.165, 1.54) is 72.0 Å². The molecule has 0 atom stereocenters. The van der Waals surface area contributed by atoms with Crippen molar-refractivity contribution >= 4 is 49.8 Å². The zero-order valence-corrected chi connectivity index (χ0v) is 35.3. The average molecular weight is 786 g/mol. The summed E-state index contributed by atoms with van der Waals surface area (Å²) in [4.78, 5) is 2.50. The van der Waals surface area contributed by atoms with E-state index in [0.717, 1.165) is 39.0 Å². The largest absolute Gasteiger partial charge is 0.456 e. The third kappa shape index (κ3) is 5.92. The van der Waals surface area contributed by atoms with Crippen LogP contribution in [0.15, 0.2) is 199 Å². The van der Waals surface area contributed by atoms with Crippen molar-refractivity contribution in [2.75, 3.05) is 4.90 Å². The molecule has 2 nitrogen and oxygen atoms in total. The summed E-state index contributed by atoms with van der Waals surface area (Å²) >= 11 is 0. The number of nitrogens with zero attached hydrogens (tertiary/aromatic N) is 1. The number of benzene rings is 9. The Bertz CT molecular complexity index is 3320. The minimum absolute atomic E-state index is 0.0440. The van der Waals surface area contributed by atoms with Crippen LogP contribution in [0.3, 0.4) is 0 Å². The van der Waals surface area contributed by atoms with E-state index in [1.807, 2.05) is 6.07 Å². The molecule has 11 rings (SSSR count). The van der Waals surface area contributed by atoms with Gasteiger partial charge in [-0.3, -0.25) is 0 Å². The Balaban J connectivity index is 1.24. The van der Waals surface area contributed by atoms with Gasteiger partial charge < -0.3 is 9.32 Å². The van der Waals surface area contributed by atoms with Crippen molar-refractivity contribution in [3.8, 4) is 44.5 Å². The average Bonchev–Trinajstić information content (AvgIpc) is 3.78. The molecule has 0 aliphatic heterocycles. The van der Waals surface area contributed by atoms with Crippen LogP contribution in [0.4, 0.5) is 17.1 Å². The van der Waals surface area contributed by atoms with Crippen LogP contribution in [0.2, 0.25) is 0 Å². The molecule has 1 heterocycles. The second kappa shape index (κ2) is 14.0. The van der Waals surface area contributed by atoms with Crippen LogP contribution in [0.1, 0.15) is 51.3 Å². The first kappa shape index (κ1) is 36.9. The zero-order valence-electron chi connectivity index (χ0n) is 35.3. The number of hydrogen-bond donors (Lipinski definition) is 0. The maximum atomic E-state index is 6.42. The fourth-order valence-electron chi connectivity index (χ4n) is 9.95. The summed E-state index contributed by atoms with van der Waals surface area (Å²) in [6, 6.07) is 71.4. The number of fused-ring (bicyclic) bond motifs is 7. The molecule has 1 aliphatic carbocycles. The Labute approximate surface area is 358 Å². The highest BCUT2D eigenvalue weighted by atomic mass is 16.3. The Kier molecular flexibility index (Phi) is 8.44. The molecule has 0 saturated carbocycles. The van der Waals surface area contributed by atoms with Gasteiger partial charge in [-0.1, -0.05) is 186 Å². The van der Waals surface area contributed by atoms with Crippen LogP contribution in [-0.2, 0) is 10.8 Å². The molecule has 0 unspecified atom stereocenters. The SMILES string of the molecule is CC(C)(C)c1ccc(N(c2ccc3oc4ccccc4c3c2)c2ccc3ccccc3c2-c2ccccc2-c2cccc3c2-c2ccccc2C3(C)C)c(-c2ccccc2)c1. The van der Waals surface area contributed by atoms with Gasteiger partial charge in [0.15, 0.2) is 0 Å². The Morgan fingerprint density at radius 1 is 0.426 bits per heavy atom. The smallest absolute Gasteiger partial charge is 0.135 e. The Hall–Kier alpha value is -7.16. The molecule has 0 N–H and O–H groups in total. The first-order chi connectivity index (χ1) is 29.7. The first-order valence-corrected chi connectivity index (χ1v) is 21.4. The zero-order chi connectivity index (χ0) is 41.5. The highest BCUT2D eigenvalue weighted by Gasteiger charge is 2.37. The van der Waals surface area contributed by atoms with Crippen molar-refractivity contribution in [3.63, 3.8) is 0 Å². The number of anilines is 3. The Morgan fingerprint density at radius 2 is 1.07 bits per heavy atom. The Morgan fingerprint density at radius 3 is 1.89 bits per heavy atom. The van der Waals surface area contributed by atoms with Crippen LogP contribution in [0.5, 0.6) is 0 Å². The second-order valence-corrected chi connectivity index (χ2v) is 18.1. The molecule has 294 valence electrons. The molecule has 0 amide bonds. The molecule has 0 radical (unpaired) electrons. The van der Waals surface area contributed by atoms with E-state index in [9.17, 15) is 0 Å². The molecular formula is C59H47NO. The van der Waals surface area contributed by atoms with Crippen molar-refractivity contribution < 1.29 is 4.42 Å². The number of para-hydroxylation sites is 1. The molecule has 0 bridgehead atoms. The monoisotopic (exact) mass is 785 g/mol. The quantitative estimate of drug-likeness (QED) is 0.167. The minimum atomic E-state index is -0.110. The van der Waals surface area contributed by atoms with E-state index in [2.05, 4.69) is 228 Å². The molecule has 1 aromatic heterocycles. The summed E-state index contributed by atoms with van der Waals surface area (Å²) in [5.74, 6) is 0. The van der Waals surface area contributed by atoms with Crippen molar-refractivity contribution in [1.82, 2.24) is 0 Å². The predicted octanol–water partition coefficient (Wildman–Crippen LogP) is 16.8. The van der Waals surface area contributed by atoms with Gasteiger partial charge in [0, 0.05) is 33.0 Å². The normalized spacial score (nSPS) is 13.1. The highest BCUT2D eigenvalue weighted by molar-refractivity contribution is 6.12. The molecular weight excluding hydrogens is 739 g/mol. The van der Waals surface area contributed by atoms with Gasteiger partial charge in [0.25, 0.3) is 0 Å². The second-order valence-electron chi connectivity index (χ2n) is 18.1. The van der Waals surface area contributed by atoms with Gasteiger partial charge >= 0.3 is 0 Å². The van der Waals surface area contributed by atoms with Gasteiger partial charge in [0.1, 0.15) is 11.2 Å². The van der Waals surface area contributed by atoms with Crippen molar-refractivity contribution in [2.24, 2.45) is 0 Å². The maximum absolute atomic E-state index is 6.42. The van der Waals surface area contributed by atoms with Crippen LogP contribution >= 0.6 is 0 Å². The third-order valence-corrected chi connectivity index (χ3v) is 13.0. The van der Waals surface area contributed by atoms with Crippen LogP contribution in [-0.4, -0.2) is 0 Å². The molecule has 0 fully saturated rings. The lowest BCUT2D eigenvalue weighted by molar-refractivity contribution is 0.590. The highest BCUT2D eigenvalue weighted by Crippen LogP contribution is 2.55. The van der Waals surface area contributed by atoms with Gasteiger partial charge in [-0.05, 0) is 109 Å². The summed E-state index contributed by atoms with van der Waals surface area (Å²) < 4.78 is 6.42. The third-order valence-electron chi connectivity index (χ3n) is 13.0. The van der Waals surface area contributed by atoms with Crippen molar-refractivity contribution in [3.05, 3.63) is 211 Å². The predicted molar refractivity (Wildman–Crippen MR) is 258 cm³/mol. The van der Waals surface area contributed by atoms with Gasteiger partial charge in [0.2, 0.25) is 0 Å². The van der Waals surface area contributed by atoms with Gasteiger partial charge in [0.05, 0.1) is 11.4 Å². The molecule has 9 aromatic carbocycles. The van der Waals surface area contributed by atoms with Gasteiger partial charge in [-0.15, -0.1) is 0 Å². The summed E-state index contributed by atoms with van der Waals surface area (Å²) in [5, 5.41) is 4.60. The van der Waals surface area contributed by atoms with E-state index in [0.29, 0.717) is 0 Å². The molecule has 0 saturated heterocycles. The maximum Gasteiger partial charge on any atom is 0.135 e. The number of rotatable bonds is 6. The molecule has 2 heteroatoms. The van der Waals surface area contributed by atoms with Crippen LogP contribution in [0, 0.1) is 0 Å². The van der Waals surface area contributed by atoms with E-state index in [1.54, 1.807) is 0 Å². The topological polar surface area (TPSA) is 16.4 Å². The van der Waals surface area contributed by atoms with Crippen molar-refractivity contribution in [2.45, 2.75) is 45.4 Å². The van der Waals surface area contributed by atoms with E-state index in [-0.39, 0.29) is 10.8 Å². The lowest BCUT2D eigenvalue weighted by atomic mass is 9.81. The van der Waals surface area contributed by atoms with Crippen molar-refractivity contribution in [1.29, 1.82) is 0 Å². The lowest BCUT2D eigenvalue weighted by Gasteiger charge is -2.32. The fourth-order valence-corrected chi connectivity index (χ4v) is 9.95. The van der Waals surface area contributed by atoms with E-state index in [4.69, 9.17) is 4.42 Å². The molecule has 10 aromatic rings. The van der Waals surface area contributed by atoms with Gasteiger partial charge in [-0.2, -0.15) is 0 Å². The summed E-state index contributed by atoms with van der Waals surface area (Å²) in [6.07, 6.45) is 0. The fraction of sp³-hybridized carbons (Fsp3) is 0.119. The summed E-state index contributed by atoms with van der Waals surface area (Å²) in [7, 11) is 0. The van der Waals surface area contributed by atoms with Crippen LogP contribution < -0.4 is 4.90 Å². The molecule has 61 heavy (non-hydrogen) atoms. The molecule has 0 spiro atoms. The molecule has 1 aliphatic rings. The minimum Gasteiger partial charge on any atom is -0.456 e.